The molecule has 1 heterocycles. The Hall–Kier alpha value is -2.27. The molecule has 2 aliphatic rings. The van der Waals surface area contributed by atoms with Gasteiger partial charge in [-0.2, -0.15) is 0 Å². The van der Waals surface area contributed by atoms with E-state index >= 15 is 0 Å². The van der Waals surface area contributed by atoms with Gasteiger partial charge in [-0.25, -0.2) is 0 Å². The van der Waals surface area contributed by atoms with Crippen LogP contribution >= 0.6 is 11.8 Å². The zero-order valence-electron chi connectivity index (χ0n) is 16.0. The normalized spacial score (nSPS) is 21.4. The van der Waals surface area contributed by atoms with E-state index < -0.39 is 0 Å². The Morgan fingerprint density at radius 3 is 2.14 bits per heavy atom. The number of piperazine rings is 1. The van der Waals surface area contributed by atoms with Crippen molar-refractivity contribution in [1.29, 1.82) is 0 Å². The molecule has 0 unspecified atom stereocenters. The maximum atomic E-state index is 12.8. The average Bonchev–Trinajstić information content (AvgIpc) is 3.56. The third-order valence-electron chi connectivity index (χ3n) is 5.61. The first kappa shape index (κ1) is 19.1. The molecule has 0 aromatic heterocycles. The summed E-state index contributed by atoms with van der Waals surface area (Å²) in [4.78, 5) is 30.3. The molecule has 2 aromatic rings. The fourth-order valence-corrected chi connectivity index (χ4v) is 4.74. The lowest BCUT2D eigenvalue weighted by Crippen LogP contribution is -2.51. The number of amides is 2. The van der Waals surface area contributed by atoms with E-state index in [1.807, 2.05) is 46.2 Å². The van der Waals surface area contributed by atoms with Crippen LogP contribution in [0.5, 0.6) is 0 Å². The van der Waals surface area contributed by atoms with Gasteiger partial charge in [-0.3, -0.25) is 9.59 Å². The Bertz CT molecular complexity index is 804. The summed E-state index contributed by atoms with van der Waals surface area (Å²) in [6.07, 6.45) is 1.50. The number of hydrogen-bond acceptors (Lipinski definition) is 3. The van der Waals surface area contributed by atoms with Crippen LogP contribution in [-0.2, 0) is 9.59 Å². The lowest BCUT2D eigenvalue weighted by Gasteiger charge is -2.35. The van der Waals surface area contributed by atoms with Crippen molar-refractivity contribution in [1.82, 2.24) is 9.80 Å². The molecule has 28 heavy (non-hydrogen) atoms. The van der Waals surface area contributed by atoms with E-state index in [9.17, 15) is 9.59 Å². The molecule has 2 amide bonds. The number of carbonyl (C=O) groups is 2. The van der Waals surface area contributed by atoms with Crippen LogP contribution in [0.3, 0.4) is 0 Å². The van der Waals surface area contributed by atoms with E-state index in [0.29, 0.717) is 38.5 Å². The van der Waals surface area contributed by atoms with Crippen molar-refractivity contribution in [2.45, 2.75) is 23.7 Å². The molecule has 2 fully saturated rings. The minimum absolute atomic E-state index is 0.131. The van der Waals surface area contributed by atoms with Gasteiger partial charge in [0, 0.05) is 49.2 Å². The summed E-state index contributed by atoms with van der Waals surface area (Å²) in [5, 5.41) is 0. The van der Waals surface area contributed by atoms with E-state index in [4.69, 9.17) is 0 Å². The van der Waals surface area contributed by atoms with Gasteiger partial charge in [-0.05, 0) is 30.0 Å². The number of thioether (sulfide) groups is 1. The quantitative estimate of drug-likeness (QED) is 0.703. The highest BCUT2D eigenvalue weighted by Crippen LogP contribution is 2.48. The van der Waals surface area contributed by atoms with Gasteiger partial charge in [-0.1, -0.05) is 48.5 Å². The van der Waals surface area contributed by atoms with Gasteiger partial charge in [0.05, 0.1) is 0 Å². The smallest absolute Gasteiger partial charge is 0.226 e. The molecule has 4 rings (SSSR count). The highest BCUT2D eigenvalue weighted by atomic mass is 32.2. The fraction of sp³-hybridized carbons (Fsp3) is 0.391. The van der Waals surface area contributed by atoms with Crippen LogP contribution in [0.4, 0.5) is 0 Å². The third kappa shape index (κ3) is 4.58. The molecule has 0 radical (unpaired) electrons. The predicted molar refractivity (Wildman–Crippen MR) is 112 cm³/mol. The summed E-state index contributed by atoms with van der Waals surface area (Å²) in [6, 6.07) is 20.5. The molecular weight excluding hydrogens is 368 g/mol. The monoisotopic (exact) mass is 394 g/mol. The maximum Gasteiger partial charge on any atom is 0.226 e. The summed E-state index contributed by atoms with van der Waals surface area (Å²) in [5.41, 5.74) is 1.27. The molecule has 1 aliphatic heterocycles. The van der Waals surface area contributed by atoms with Crippen LogP contribution in [0.25, 0.3) is 0 Å². The number of hydrogen-bond donors (Lipinski definition) is 0. The van der Waals surface area contributed by atoms with Crippen LogP contribution in [0, 0.1) is 5.92 Å². The Kier molecular flexibility index (Phi) is 6.01. The lowest BCUT2D eigenvalue weighted by molar-refractivity contribution is -0.140. The van der Waals surface area contributed by atoms with Crippen LogP contribution < -0.4 is 0 Å². The SMILES string of the molecule is O=C(CCSc1ccccc1)N1CCN(C(=O)[C@@H]2C[C@H]2c2ccccc2)CC1. The zero-order chi connectivity index (χ0) is 19.3. The zero-order valence-corrected chi connectivity index (χ0v) is 16.8. The minimum atomic E-state index is 0.131. The molecule has 1 aliphatic carbocycles. The van der Waals surface area contributed by atoms with Crippen molar-refractivity contribution < 1.29 is 9.59 Å². The van der Waals surface area contributed by atoms with E-state index in [1.165, 1.54) is 10.5 Å². The van der Waals surface area contributed by atoms with Crippen LogP contribution in [0.1, 0.15) is 24.3 Å². The summed E-state index contributed by atoms with van der Waals surface area (Å²) >= 11 is 1.72. The standard InChI is InChI=1S/C23H26N2O2S/c26-22(11-16-28-19-9-5-2-6-10-19)24-12-14-25(15-13-24)23(27)21-17-20(21)18-7-3-1-4-8-18/h1-10,20-21H,11-17H2/t20-,21+/m0/s1. The van der Waals surface area contributed by atoms with Crippen LogP contribution in [-0.4, -0.2) is 53.5 Å². The van der Waals surface area contributed by atoms with Gasteiger partial charge in [0.15, 0.2) is 0 Å². The van der Waals surface area contributed by atoms with Gasteiger partial charge in [0.1, 0.15) is 0 Å². The van der Waals surface area contributed by atoms with Gasteiger partial charge in [-0.15, -0.1) is 11.8 Å². The van der Waals surface area contributed by atoms with Crippen LogP contribution in [0.2, 0.25) is 0 Å². The summed E-state index contributed by atoms with van der Waals surface area (Å²) in [7, 11) is 0. The van der Waals surface area contributed by atoms with Gasteiger partial charge in [0.2, 0.25) is 11.8 Å². The third-order valence-corrected chi connectivity index (χ3v) is 6.62. The van der Waals surface area contributed by atoms with E-state index in [0.717, 1.165) is 12.2 Å². The Morgan fingerprint density at radius 1 is 0.857 bits per heavy atom. The first-order chi connectivity index (χ1) is 13.7. The number of nitrogens with zero attached hydrogens (tertiary/aromatic N) is 2. The van der Waals surface area contributed by atoms with Crippen molar-refractivity contribution in [2.75, 3.05) is 31.9 Å². The lowest BCUT2D eigenvalue weighted by atomic mass is 10.1. The molecule has 0 bridgehead atoms. The van der Waals surface area contributed by atoms with E-state index in [-0.39, 0.29) is 17.7 Å². The second-order valence-corrected chi connectivity index (χ2v) is 8.65. The molecule has 0 N–H and O–H groups in total. The fourth-order valence-electron chi connectivity index (χ4n) is 3.88. The summed E-state index contributed by atoms with van der Waals surface area (Å²) in [6.45, 7) is 2.63. The van der Waals surface area contributed by atoms with Gasteiger partial charge in [0.25, 0.3) is 0 Å². The highest BCUT2D eigenvalue weighted by molar-refractivity contribution is 7.99. The topological polar surface area (TPSA) is 40.6 Å². The Labute approximate surface area is 170 Å². The molecule has 146 valence electrons. The van der Waals surface area contributed by atoms with Crippen molar-refractivity contribution in [3.63, 3.8) is 0 Å². The van der Waals surface area contributed by atoms with Gasteiger partial charge >= 0.3 is 0 Å². The van der Waals surface area contributed by atoms with E-state index in [2.05, 4.69) is 24.3 Å². The molecular formula is C23H26N2O2S. The minimum Gasteiger partial charge on any atom is -0.339 e. The molecule has 2 aromatic carbocycles. The molecule has 2 atom stereocenters. The second kappa shape index (κ2) is 8.82. The average molecular weight is 395 g/mol. The Morgan fingerprint density at radius 2 is 1.46 bits per heavy atom. The van der Waals surface area contributed by atoms with Crippen molar-refractivity contribution >= 4 is 23.6 Å². The molecule has 1 saturated carbocycles. The number of carbonyl (C=O) groups excluding carboxylic acids is 2. The van der Waals surface area contributed by atoms with Crippen LogP contribution in [0.15, 0.2) is 65.6 Å². The van der Waals surface area contributed by atoms with Gasteiger partial charge < -0.3 is 9.80 Å². The number of rotatable bonds is 6. The molecule has 4 nitrogen and oxygen atoms in total. The maximum absolute atomic E-state index is 12.8. The highest BCUT2D eigenvalue weighted by Gasteiger charge is 2.46. The second-order valence-electron chi connectivity index (χ2n) is 7.48. The van der Waals surface area contributed by atoms with Crippen molar-refractivity contribution in [2.24, 2.45) is 5.92 Å². The molecule has 0 spiro atoms. The molecule has 5 heteroatoms. The largest absolute Gasteiger partial charge is 0.339 e. The number of benzene rings is 2. The van der Waals surface area contributed by atoms with Crippen molar-refractivity contribution in [3.8, 4) is 0 Å². The van der Waals surface area contributed by atoms with Crippen molar-refractivity contribution in [3.05, 3.63) is 66.2 Å². The summed E-state index contributed by atoms with van der Waals surface area (Å²) in [5.74, 6) is 1.77. The first-order valence-corrected chi connectivity index (χ1v) is 11.0. The Balaban J connectivity index is 1.19. The predicted octanol–water partition coefficient (Wildman–Crippen LogP) is 3.64. The summed E-state index contributed by atoms with van der Waals surface area (Å²) < 4.78 is 0. The van der Waals surface area contributed by atoms with E-state index in [1.54, 1.807) is 11.8 Å². The molecule has 1 saturated heterocycles. The first-order valence-electron chi connectivity index (χ1n) is 10.0.